The molecule has 1 aliphatic rings. The largest absolute Gasteiger partial charge is 2.00 e. The molecule has 0 N–H and O–H groups in total. The van der Waals surface area contributed by atoms with Crippen molar-refractivity contribution in [2.75, 3.05) is 0 Å². The fourth-order valence-electron chi connectivity index (χ4n) is 2.06. The van der Waals surface area contributed by atoms with Gasteiger partial charge in [-0.15, -0.1) is 0 Å². The quantitative estimate of drug-likeness (QED) is 0.605. The standard InChI is InChI=1S/C13H16.Mg.2H/c1-9(2)12-6-4-5-11-7-10(3)8-13(11)12;;;/h4-6,8-9H,7H2,1-3H3;;;/q;+2;2*-1. The summed E-state index contributed by atoms with van der Waals surface area (Å²) in [7, 11) is 0. The van der Waals surface area contributed by atoms with Crippen LogP contribution in [0.1, 0.15) is 46.2 Å². The molecule has 0 aromatic heterocycles. The summed E-state index contributed by atoms with van der Waals surface area (Å²) in [5, 5.41) is 0. The molecule has 14 heavy (non-hydrogen) atoms. The van der Waals surface area contributed by atoms with Crippen LogP contribution >= 0.6 is 0 Å². The number of benzene rings is 1. The first-order valence-electron chi connectivity index (χ1n) is 4.97. The van der Waals surface area contributed by atoms with Crippen LogP contribution in [0.25, 0.3) is 6.08 Å². The predicted molar refractivity (Wildman–Crippen MR) is 65.9 cm³/mol. The minimum absolute atomic E-state index is 0. The Kier molecular flexibility index (Phi) is 3.79. The maximum Gasteiger partial charge on any atom is 2.00 e. The molecule has 0 bridgehead atoms. The molecule has 0 nitrogen and oxygen atoms in total. The second-order valence-corrected chi connectivity index (χ2v) is 4.24. The van der Waals surface area contributed by atoms with Gasteiger partial charge in [0.25, 0.3) is 0 Å². The Morgan fingerprint density at radius 2 is 2.00 bits per heavy atom. The number of hydrogen-bond donors (Lipinski definition) is 0. The molecule has 0 spiro atoms. The SMILES string of the molecule is CC1=Cc2c(cccc2C(C)C)C1.[H-].[H-].[Mg+2]. The molecule has 0 fully saturated rings. The maximum atomic E-state index is 2.34. The van der Waals surface area contributed by atoms with E-state index in [0.29, 0.717) is 5.92 Å². The first kappa shape index (κ1) is 11.8. The van der Waals surface area contributed by atoms with E-state index in [0.717, 1.165) is 6.42 Å². The zero-order valence-corrected chi connectivity index (χ0v) is 10.7. The Morgan fingerprint density at radius 3 is 2.64 bits per heavy atom. The second-order valence-electron chi connectivity index (χ2n) is 4.24. The molecule has 1 heteroatoms. The summed E-state index contributed by atoms with van der Waals surface area (Å²) in [5.41, 5.74) is 5.97. The van der Waals surface area contributed by atoms with Crippen LogP contribution in [0.15, 0.2) is 23.8 Å². The second kappa shape index (κ2) is 4.50. The molecule has 1 aromatic carbocycles. The fourth-order valence-corrected chi connectivity index (χ4v) is 2.06. The minimum Gasteiger partial charge on any atom is -1.00 e. The third-order valence-corrected chi connectivity index (χ3v) is 2.71. The Hall–Kier alpha value is -0.274. The van der Waals surface area contributed by atoms with Crippen molar-refractivity contribution >= 4 is 29.1 Å². The van der Waals surface area contributed by atoms with Gasteiger partial charge in [-0.25, -0.2) is 0 Å². The van der Waals surface area contributed by atoms with Crippen LogP contribution in [-0.2, 0) is 6.42 Å². The van der Waals surface area contributed by atoms with Gasteiger partial charge >= 0.3 is 23.1 Å². The van der Waals surface area contributed by atoms with Gasteiger partial charge in [-0.3, -0.25) is 0 Å². The molecule has 72 valence electrons. The summed E-state index contributed by atoms with van der Waals surface area (Å²) in [6.07, 6.45) is 3.49. The summed E-state index contributed by atoms with van der Waals surface area (Å²) in [6.45, 7) is 6.73. The van der Waals surface area contributed by atoms with Crippen molar-refractivity contribution in [3.8, 4) is 0 Å². The van der Waals surface area contributed by atoms with Gasteiger partial charge in [-0.2, -0.15) is 0 Å². The molecular weight excluding hydrogens is 180 g/mol. The van der Waals surface area contributed by atoms with E-state index >= 15 is 0 Å². The van der Waals surface area contributed by atoms with Crippen molar-refractivity contribution in [3.05, 3.63) is 40.5 Å². The molecule has 0 saturated heterocycles. The Bertz CT molecular complexity index is 370. The Labute approximate surface area is 106 Å². The van der Waals surface area contributed by atoms with E-state index < -0.39 is 0 Å². The normalized spacial score (nSPS) is 13.6. The molecule has 2 rings (SSSR count). The molecule has 0 heterocycles. The van der Waals surface area contributed by atoms with Crippen LogP contribution in [0.3, 0.4) is 0 Å². The Morgan fingerprint density at radius 1 is 1.29 bits per heavy atom. The van der Waals surface area contributed by atoms with Crippen LogP contribution < -0.4 is 0 Å². The van der Waals surface area contributed by atoms with Crippen LogP contribution in [0.4, 0.5) is 0 Å². The maximum absolute atomic E-state index is 2.34. The first-order valence-corrected chi connectivity index (χ1v) is 4.97. The van der Waals surface area contributed by atoms with Gasteiger partial charge in [0.2, 0.25) is 0 Å². The molecule has 0 atom stereocenters. The zero-order valence-electron chi connectivity index (χ0n) is 11.3. The third-order valence-electron chi connectivity index (χ3n) is 2.71. The van der Waals surface area contributed by atoms with E-state index in [1.165, 1.54) is 22.3 Å². The van der Waals surface area contributed by atoms with E-state index in [1.807, 2.05) is 0 Å². The van der Waals surface area contributed by atoms with E-state index in [9.17, 15) is 0 Å². The minimum atomic E-state index is 0. The third kappa shape index (κ3) is 2.04. The average molecular weight is 199 g/mol. The van der Waals surface area contributed by atoms with E-state index in [2.05, 4.69) is 45.0 Å². The van der Waals surface area contributed by atoms with Gasteiger partial charge in [0.1, 0.15) is 0 Å². The van der Waals surface area contributed by atoms with Gasteiger partial charge in [0.15, 0.2) is 0 Å². The van der Waals surface area contributed by atoms with Crippen molar-refractivity contribution in [1.29, 1.82) is 0 Å². The van der Waals surface area contributed by atoms with Crippen LogP contribution in [0.2, 0.25) is 0 Å². The fraction of sp³-hybridized carbons (Fsp3) is 0.385. The van der Waals surface area contributed by atoms with Crippen LogP contribution in [-0.4, -0.2) is 23.1 Å². The topological polar surface area (TPSA) is 0 Å². The van der Waals surface area contributed by atoms with Crippen molar-refractivity contribution in [1.82, 2.24) is 0 Å². The van der Waals surface area contributed by atoms with Gasteiger partial charge < -0.3 is 2.85 Å². The predicted octanol–water partition coefficient (Wildman–Crippen LogP) is 3.61. The molecule has 0 aliphatic heterocycles. The summed E-state index contributed by atoms with van der Waals surface area (Å²) >= 11 is 0. The van der Waals surface area contributed by atoms with Crippen LogP contribution in [0, 0.1) is 0 Å². The van der Waals surface area contributed by atoms with Gasteiger partial charge in [-0.05, 0) is 36.0 Å². The average Bonchev–Trinajstić information content (AvgIpc) is 2.43. The molecule has 0 unspecified atom stereocenters. The molecule has 0 saturated carbocycles. The van der Waals surface area contributed by atoms with Crippen molar-refractivity contribution in [3.63, 3.8) is 0 Å². The number of fused-ring (bicyclic) bond motifs is 1. The summed E-state index contributed by atoms with van der Waals surface area (Å²) in [6, 6.07) is 6.67. The molecular formula is C13H18Mg. The number of rotatable bonds is 1. The first-order chi connectivity index (χ1) is 6.18. The monoisotopic (exact) mass is 198 g/mol. The van der Waals surface area contributed by atoms with Crippen molar-refractivity contribution in [2.24, 2.45) is 0 Å². The molecule has 1 aliphatic carbocycles. The number of allylic oxidation sites excluding steroid dienone is 1. The van der Waals surface area contributed by atoms with E-state index in [-0.39, 0.29) is 25.9 Å². The number of hydrogen-bond acceptors (Lipinski definition) is 0. The smallest absolute Gasteiger partial charge is 1.00 e. The van der Waals surface area contributed by atoms with Crippen molar-refractivity contribution in [2.45, 2.75) is 33.1 Å². The van der Waals surface area contributed by atoms with Crippen molar-refractivity contribution < 1.29 is 2.85 Å². The van der Waals surface area contributed by atoms with Gasteiger partial charge in [0, 0.05) is 0 Å². The summed E-state index contributed by atoms with van der Waals surface area (Å²) < 4.78 is 0. The molecule has 1 aromatic rings. The molecule has 0 amide bonds. The summed E-state index contributed by atoms with van der Waals surface area (Å²) in [4.78, 5) is 0. The van der Waals surface area contributed by atoms with Gasteiger partial charge in [0.05, 0.1) is 0 Å². The van der Waals surface area contributed by atoms with Crippen LogP contribution in [0.5, 0.6) is 0 Å². The Balaban J connectivity index is 0. The van der Waals surface area contributed by atoms with E-state index in [4.69, 9.17) is 0 Å². The molecule has 0 radical (unpaired) electrons. The van der Waals surface area contributed by atoms with Gasteiger partial charge in [-0.1, -0.05) is 43.7 Å². The summed E-state index contributed by atoms with van der Waals surface area (Å²) in [5.74, 6) is 0.636. The zero-order chi connectivity index (χ0) is 9.42. The van der Waals surface area contributed by atoms with E-state index in [1.54, 1.807) is 0 Å².